The fourth-order valence-electron chi connectivity index (χ4n) is 1.64. The van der Waals surface area contributed by atoms with Gasteiger partial charge in [-0.15, -0.1) is 0 Å². The van der Waals surface area contributed by atoms with Crippen molar-refractivity contribution < 1.29 is 14.7 Å². The number of carboxylic acid groups (broad SMARTS) is 1. The van der Waals surface area contributed by atoms with Crippen molar-refractivity contribution in [3.05, 3.63) is 12.2 Å². The maximum atomic E-state index is 11.6. The number of nitrogens with one attached hydrogen (secondary N) is 3. The molecule has 0 bridgehead atoms. The van der Waals surface area contributed by atoms with E-state index in [1.54, 1.807) is 20.8 Å². The van der Waals surface area contributed by atoms with Gasteiger partial charge in [0.25, 0.3) is 0 Å². The van der Waals surface area contributed by atoms with Crippen LogP contribution in [0.1, 0.15) is 33.0 Å². The van der Waals surface area contributed by atoms with E-state index in [9.17, 15) is 9.59 Å². The molecule has 1 rings (SSSR count). The van der Waals surface area contributed by atoms with Crippen molar-refractivity contribution in [3.63, 3.8) is 0 Å². The Hall–Kier alpha value is -2.12. The number of H-pyrrole nitrogens is 1. The van der Waals surface area contributed by atoms with Gasteiger partial charge in [0.05, 0.1) is 0 Å². The summed E-state index contributed by atoms with van der Waals surface area (Å²) in [5, 5.41) is 20.6. The first kappa shape index (κ1) is 15.9. The summed E-state index contributed by atoms with van der Waals surface area (Å²) in [5.74, 6) is -0.292. The van der Waals surface area contributed by atoms with E-state index in [4.69, 9.17) is 5.11 Å². The van der Waals surface area contributed by atoms with Crippen LogP contribution in [0.15, 0.2) is 6.33 Å². The van der Waals surface area contributed by atoms with Crippen molar-refractivity contribution in [2.45, 2.75) is 39.7 Å². The second kappa shape index (κ2) is 6.88. The second-order valence-corrected chi connectivity index (χ2v) is 5.57. The van der Waals surface area contributed by atoms with Gasteiger partial charge in [0.15, 0.2) is 0 Å². The van der Waals surface area contributed by atoms with Crippen LogP contribution in [0.2, 0.25) is 0 Å². The lowest BCUT2D eigenvalue weighted by Crippen LogP contribution is -2.52. The molecule has 1 atom stereocenters. The van der Waals surface area contributed by atoms with Gasteiger partial charge in [-0.1, -0.05) is 20.8 Å². The Labute approximate surface area is 117 Å². The molecule has 8 nitrogen and oxygen atoms in total. The Morgan fingerprint density at radius 3 is 2.65 bits per heavy atom. The third-order valence-corrected chi connectivity index (χ3v) is 2.73. The maximum Gasteiger partial charge on any atom is 0.326 e. The average molecular weight is 283 g/mol. The highest BCUT2D eigenvalue weighted by Crippen LogP contribution is 2.19. The van der Waals surface area contributed by atoms with Crippen LogP contribution in [0.25, 0.3) is 0 Å². The molecule has 1 heterocycles. The van der Waals surface area contributed by atoms with E-state index >= 15 is 0 Å². The van der Waals surface area contributed by atoms with E-state index in [0.717, 1.165) is 5.82 Å². The Morgan fingerprint density at radius 2 is 2.15 bits per heavy atom. The number of aromatic nitrogens is 3. The highest BCUT2D eigenvalue weighted by molar-refractivity contribution is 5.83. The SMILES string of the molecule is CC(C)(C)[C@@H](NC(=O)NCCCc1ncn[nH]1)C(=O)O. The number of amides is 2. The first-order chi connectivity index (χ1) is 9.30. The van der Waals surface area contributed by atoms with Crippen molar-refractivity contribution in [2.24, 2.45) is 5.41 Å². The summed E-state index contributed by atoms with van der Waals surface area (Å²) < 4.78 is 0. The normalized spacial score (nSPS) is 12.8. The summed E-state index contributed by atoms with van der Waals surface area (Å²) in [6, 6.07) is -1.42. The molecule has 112 valence electrons. The van der Waals surface area contributed by atoms with Gasteiger partial charge in [0.1, 0.15) is 18.2 Å². The molecule has 4 N–H and O–H groups in total. The lowest BCUT2D eigenvalue weighted by atomic mass is 9.87. The summed E-state index contributed by atoms with van der Waals surface area (Å²) in [6.07, 6.45) is 2.79. The molecule has 20 heavy (non-hydrogen) atoms. The van der Waals surface area contributed by atoms with Crippen molar-refractivity contribution in [1.29, 1.82) is 0 Å². The van der Waals surface area contributed by atoms with Gasteiger partial charge < -0.3 is 15.7 Å². The minimum Gasteiger partial charge on any atom is -0.480 e. The molecule has 2 amide bonds. The molecule has 0 aliphatic carbocycles. The van der Waals surface area contributed by atoms with E-state index < -0.39 is 23.5 Å². The predicted molar refractivity (Wildman–Crippen MR) is 72.1 cm³/mol. The smallest absolute Gasteiger partial charge is 0.326 e. The average Bonchev–Trinajstić information content (AvgIpc) is 2.83. The van der Waals surface area contributed by atoms with Crippen LogP contribution in [-0.2, 0) is 11.2 Å². The summed E-state index contributed by atoms with van der Waals surface area (Å²) in [5.41, 5.74) is -0.553. The molecule has 0 aliphatic heterocycles. The number of carbonyl (C=O) groups excluding carboxylic acids is 1. The lowest BCUT2D eigenvalue weighted by Gasteiger charge is -2.27. The Morgan fingerprint density at radius 1 is 1.45 bits per heavy atom. The number of aliphatic carboxylic acids is 1. The first-order valence-electron chi connectivity index (χ1n) is 6.42. The number of aryl methyl sites for hydroxylation is 1. The Kier molecular flexibility index (Phi) is 5.48. The molecule has 0 saturated heterocycles. The van der Waals surface area contributed by atoms with Gasteiger partial charge in [0, 0.05) is 13.0 Å². The van der Waals surface area contributed by atoms with Crippen molar-refractivity contribution in [1.82, 2.24) is 25.8 Å². The van der Waals surface area contributed by atoms with E-state index in [0.29, 0.717) is 19.4 Å². The van der Waals surface area contributed by atoms with Gasteiger partial charge in [-0.25, -0.2) is 14.6 Å². The van der Waals surface area contributed by atoms with Gasteiger partial charge in [-0.3, -0.25) is 5.10 Å². The van der Waals surface area contributed by atoms with Gasteiger partial charge in [0.2, 0.25) is 0 Å². The molecule has 0 saturated carbocycles. The molecule has 0 radical (unpaired) electrons. The summed E-state index contributed by atoms with van der Waals surface area (Å²) in [7, 11) is 0. The maximum absolute atomic E-state index is 11.6. The van der Waals surface area contributed by atoms with Crippen molar-refractivity contribution in [3.8, 4) is 0 Å². The molecular weight excluding hydrogens is 262 g/mol. The van der Waals surface area contributed by atoms with Crippen LogP contribution in [-0.4, -0.2) is 44.9 Å². The summed E-state index contributed by atoms with van der Waals surface area (Å²) in [4.78, 5) is 26.7. The molecule has 0 aliphatic rings. The van der Waals surface area contributed by atoms with Crippen molar-refractivity contribution >= 4 is 12.0 Å². The fourth-order valence-corrected chi connectivity index (χ4v) is 1.64. The zero-order chi connectivity index (χ0) is 15.2. The number of aromatic amines is 1. The highest BCUT2D eigenvalue weighted by Gasteiger charge is 2.32. The number of hydrogen-bond donors (Lipinski definition) is 4. The fraction of sp³-hybridized carbons (Fsp3) is 0.667. The van der Waals surface area contributed by atoms with Crippen LogP contribution >= 0.6 is 0 Å². The van der Waals surface area contributed by atoms with Crippen LogP contribution in [0.3, 0.4) is 0 Å². The first-order valence-corrected chi connectivity index (χ1v) is 6.42. The molecule has 0 unspecified atom stereocenters. The van der Waals surface area contributed by atoms with Crippen LogP contribution < -0.4 is 10.6 Å². The number of nitrogens with zero attached hydrogens (tertiary/aromatic N) is 2. The standard InChI is InChI=1S/C12H21N5O3/c1-12(2,3)9(10(18)19)16-11(20)13-6-4-5-8-14-7-15-17-8/h7,9H,4-6H2,1-3H3,(H,18,19)(H2,13,16,20)(H,14,15,17)/t9-/m0/s1. The number of carboxylic acids is 1. The topological polar surface area (TPSA) is 120 Å². The molecule has 0 fully saturated rings. The molecular formula is C12H21N5O3. The minimum atomic E-state index is -1.05. The number of hydrogen-bond acceptors (Lipinski definition) is 4. The second-order valence-electron chi connectivity index (χ2n) is 5.57. The quantitative estimate of drug-likeness (QED) is 0.568. The number of urea groups is 1. The zero-order valence-corrected chi connectivity index (χ0v) is 11.9. The third kappa shape index (κ3) is 5.25. The monoisotopic (exact) mass is 283 g/mol. The van der Waals surface area contributed by atoms with Crippen LogP contribution in [0.4, 0.5) is 4.79 Å². The van der Waals surface area contributed by atoms with Crippen LogP contribution in [0.5, 0.6) is 0 Å². The lowest BCUT2D eigenvalue weighted by molar-refractivity contribution is -0.141. The number of carbonyl (C=O) groups is 2. The molecule has 8 heteroatoms. The molecule has 1 aromatic heterocycles. The molecule has 0 spiro atoms. The Balaban J connectivity index is 2.30. The highest BCUT2D eigenvalue weighted by atomic mass is 16.4. The Bertz CT molecular complexity index is 438. The molecule has 1 aromatic rings. The minimum absolute atomic E-state index is 0.434. The summed E-state index contributed by atoms with van der Waals surface area (Å²) >= 11 is 0. The van der Waals surface area contributed by atoms with E-state index in [2.05, 4.69) is 25.8 Å². The van der Waals surface area contributed by atoms with Crippen LogP contribution in [0, 0.1) is 5.41 Å². The van der Waals surface area contributed by atoms with E-state index in [-0.39, 0.29) is 0 Å². The third-order valence-electron chi connectivity index (χ3n) is 2.73. The van der Waals surface area contributed by atoms with E-state index in [1.165, 1.54) is 6.33 Å². The van der Waals surface area contributed by atoms with Gasteiger partial charge >= 0.3 is 12.0 Å². The largest absolute Gasteiger partial charge is 0.480 e. The predicted octanol–water partition coefficient (Wildman–Crippen LogP) is 0.536. The van der Waals surface area contributed by atoms with Gasteiger partial charge in [-0.05, 0) is 11.8 Å². The van der Waals surface area contributed by atoms with Gasteiger partial charge in [-0.2, -0.15) is 5.10 Å². The van der Waals surface area contributed by atoms with E-state index in [1.807, 2.05) is 0 Å². The zero-order valence-electron chi connectivity index (χ0n) is 11.9. The molecule has 0 aromatic carbocycles. The van der Waals surface area contributed by atoms with Crippen molar-refractivity contribution in [2.75, 3.05) is 6.54 Å². The summed E-state index contributed by atoms with van der Waals surface area (Å²) in [6.45, 7) is 5.71. The number of rotatable bonds is 6.